The van der Waals surface area contributed by atoms with E-state index in [-0.39, 0.29) is 5.78 Å². The summed E-state index contributed by atoms with van der Waals surface area (Å²) in [4.78, 5) is 17.1. The first-order chi connectivity index (χ1) is 7.65. The van der Waals surface area contributed by atoms with Crippen molar-refractivity contribution in [3.63, 3.8) is 0 Å². The van der Waals surface area contributed by atoms with Crippen LogP contribution in [0.15, 0.2) is 24.3 Å². The molecular weight excluding hydrogens is 200 g/mol. The fourth-order valence-electron chi connectivity index (χ4n) is 1.93. The van der Waals surface area contributed by atoms with E-state index in [1.165, 1.54) is 0 Å². The molecule has 16 heavy (non-hydrogen) atoms. The van der Waals surface area contributed by atoms with E-state index in [1.807, 2.05) is 31.3 Å². The van der Waals surface area contributed by atoms with E-state index in [9.17, 15) is 4.79 Å². The lowest BCUT2D eigenvalue weighted by Crippen LogP contribution is -2.18. The van der Waals surface area contributed by atoms with Crippen LogP contribution in [0.25, 0.3) is 10.9 Å². The van der Waals surface area contributed by atoms with Crippen LogP contribution >= 0.6 is 0 Å². The molecule has 0 aliphatic heterocycles. The molecular formula is C13H16N2O. The molecule has 0 atom stereocenters. The normalized spacial score (nSPS) is 10.7. The van der Waals surface area contributed by atoms with Crippen molar-refractivity contribution >= 4 is 22.5 Å². The number of ketones is 1. The topological polar surface area (TPSA) is 36.1 Å². The molecule has 3 nitrogen and oxygen atoms in total. The number of hydrogen-bond donors (Lipinski definition) is 1. The monoisotopic (exact) mass is 216 g/mol. The molecule has 0 aliphatic carbocycles. The van der Waals surface area contributed by atoms with Crippen molar-refractivity contribution in [2.24, 2.45) is 0 Å². The van der Waals surface area contributed by atoms with E-state index in [0.717, 1.165) is 28.8 Å². The Bertz CT molecular complexity index is 528. The smallest absolute Gasteiger partial charge is 0.164 e. The van der Waals surface area contributed by atoms with Gasteiger partial charge in [-0.3, -0.25) is 4.79 Å². The van der Waals surface area contributed by atoms with E-state index < -0.39 is 0 Å². The molecule has 0 unspecified atom stereocenters. The number of nitrogens with zero attached hydrogens (tertiary/aromatic N) is 1. The molecule has 0 bridgehead atoms. The Kier molecular flexibility index (Phi) is 2.69. The molecule has 84 valence electrons. The van der Waals surface area contributed by atoms with Crippen molar-refractivity contribution in [2.75, 3.05) is 18.5 Å². The average molecular weight is 216 g/mol. The van der Waals surface area contributed by atoms with Crippen LogP contribution in [0.3, 0.4) is 0 Å². The third-order valence-corrected chi connectivity index (χ3v) is 2.89. The quantitative estimate of drug-likeness (QED) is 0.801. The van der Waals surface area contributed by atoms with Gasteiger partial charge in [-0.25, -0.2) is 0 Å². The summed E-state index contributed by atoms with van der Waals surface area (Å²) >= 11 is 0. The summed E-state index contributed by atoms with van der Waals surface area (Å²) in [6.07, 6.45) is 0. The van der Waals surface area contributed by atoms with Gasteiger partial charge in [-0.1, -0.05) is 18.2 Å². The first-order valence-corrected chi connectivity index (χ1v) is 5.48. The Labute approximate surface area is 95.1 Å². The van der Waals surface area contributed by atoms with Crippen LogP contribution in [0.4, 0.5) is 5.82 Å². The standard InChI is InChI=1S/C13H16N2O/c1-4-15(3)13-12(9(2)16)10-7-5-6-8-11(10)14-13/h5-8,14H,4H2,1-3H3. The SMILES string of the molecule is CCN(C)c1[nH]c2ccccc2c1C(C)=O. The first kappa shape index (κ1) is 10.7. The third-order valence-electron chi connectivity index (χ3n) is 2.89. The zero-order valence-electron chi connectivity index (χ0n) is 9.87. The van der Waals surface area contributed by atoms with Crippen LogP contribution in [0, 0.1) is 0 Å². The van der Waals surface area contributed by atoms with Gasteiger partial charge in [-0.15, -0.1) is 0 Å². The summed E-state index contributed by atoms with van der Waals surface area (Å²) in [6.45, 7) is 4.55. The van der Waals surface area contributed by atoms with Gasteiger partial charge in [0.15, 0.2) is 5.78 Å². The molecule has 2 rings (SSSR count). The fraction of sp³-hybridized carbons (Fsp3) is 0.308. The van der Waals surface area contributed by atoms with Crippen molar-refractivity contribution in [3.05, 3.63) is 29.8 Å². The van der Waals surface area contributed by atoms with Crippen LogP contribution < -0.4 is 4.90 Å². The number of fused-ring (bicyclic) bond motifs is 1. The van der Waals surface area contributed by atoms with Gasteiger partial charge in [0.25, 0.3) is 0 Å². The number of rotatable bonds is 3. The lowest BCUT2D eigenvalue weighted by molar-refractivity contribution is 0.102. The summed E-state index contributed by atoms with van der Waals surface area (Å²) in [5.41, 5.74) is 1.81. The van der Waals surface area contributed by atoms with Gasteiger partial charge in [0, 0.05) is 24.5 Å². The lowest BCUT2D eigenvalue weighted by atomic mass is 10.1. The fourth-order valence-corrected chi connectivity index (χ4v) is 1.93. The molecule has 0 fully saturated rings. The number of aromatic nitrogens is 1. The van der Waals surface area contributed by atoms with E-state index in [4.69, 9.17) is 0 Å². The molecule has 1 aromatic carbocycles. The van der Waals surface area contributed by atoms with Crippen LogP contribution in [0.1, 0.15) is 24.2 Å². The zero-order valence-corrected chi connectivity index (χ0v) is 9.87. The Hall–Kier alpha value is -1.77. The Morgan fingerprint density at radius 3 is 2.69 bits per heavy atom. The predicted molar refractivity (Wildman–Crippen MR) is 67.2 cm³/mol. The first-order valence-electron chi connectivity index (χ1n) is 5.48. The number of carbonyl (C=O) groups excluding carboxylic acids is 1. The minimum atomic E-state index is 0.104. The highest BCUT2D eigenvalue weighted by Crippen LogP contribution is 2.28. The number of Topliss-reactive ketones (excluding diaryl/α,β-unsaturated/α-hetero) is 1. The molecule has 0 saturated heterocycles. The van der Waals surface area contributed by atoms with Gasteiger partial charge in [0.05, 0.1) is 5.56 Å². The number of carbonyl (C=O) groups is 1. The second-order valence-electron chi connectivity index (χ2n) is 3.96. The highest BCUT2D eigenvalue weighted by Gasteiger charge is 2.16. The van der Waals surface area contributed by atoms with Crippen molar-refractivity contribution in [2.45, 2.75) is 13.8 Å². The highest BCUT2D eigenvalue weighted by atomic mass is 16.1. The van der Waals surface area contributed by atoms with E-state index in [1.54, 1.807) is 6.92 Å². The van der Waals surface area contributed by atoms with Gasteiger partial charge >= 0.3 is 0 Å². The molecule has 0 amide bonds. The zero-order chi connectivity index (χ0) is 11.7. The van der Waals surface area contributed by atoms with Gasteiger partial charge in [-0.2, -0.15) is 0 Å². The number of benzene rings is 1. The highest BCUT2D eigenvalue weighted by molar-refractivity contribution is 6.11. The van der Waals surface area contributed by atoms with Crippen molar-refractivity contribution < 1.29 is 4.79 Å². The van der Waals surface area contributed by atoms with Crippen LogP contribution in [-0.2, 0) is 0 Å². The molecule has 1 N–H and O–H groups in total. The molecule has 1 aromatic heterocycles. The summed E-state index contributed by atoms with van der Waals surface area (Å²) in [5.74, 6) is 1.02. The predicted octanol–water partition coefficient (Wildman–Crippen LogP) is 2.83. The maximum atomic E-state index is 11.7. The van der Waals surface area contributed by atoms with Crippen LogP contribution in [-0.4, -0.2) is 24.4 Å². The summed E-state index contributed by atoms with van der Waals surface area (Å²) in [6, 6.07) is 7.90. The lowest BCUT2D eigenvalue weighted by Gasteiger charge is -2.15. The second-order valence-corrected chi connectivity index (χ2v) is 3.96. The number of nitrogens with one attached hydrogen (secondary N) is 1. The number of anilines is 1. The summed E-state index contributed by atoms with van der Waals surface area (Å²) in [5, 5.41) is 1.00. The summed E-state index contributed by atoms with van der Waals surface area (Å²) in [7, 11) is 1.98. The van der Waals surface area contributed by atoms with Gasteiger partial charge in [0.1, 0.15) is 5.82 Å². The molecule has 1 heterocycles. The molecule has 0 radical (unpaired) electrons. The molecule has 0 aliphatic rings. The van der Waals surface area contributed by atoms with E-state index in [0.29, 0.717) is 0 Å². The van der Waals surface area contributed by atoms with E-state index >= 15 is 0 Å². The summed E-state index contributed by atoms with van der Waals surface area (Å²) < 4.78 is 0. The van der Waals surface area contributed by atoms with Gasteiger partial charge in [0.2, 0.25) is 0 Å². The minimum Gasteiger partial charge on any atom is -0.361 e. The maximum absolute atomic E-state index is 11.7. The number of hydrogen-bond acceptors (Lipinski definition) is 2. The van der Waals surface area contributed by atoms with Crippen LogP contribution in [0.2, 0.25) is 0 Å². The van der Waals surface area contributed by atoms with Crippen molar-refractivity contribution in [1.82, 2.24) is 4.98 Å². The molecule has 2 aromatic rings. The maximum Gasteiger partial charge on any atom is 0.164 e. The molecule has 0 saturated carbocycles. The third kappa shape index (κ3) is 1.58. The van der Waals surface area contributed by atoms with Crippen molar-refractivity contribution in [1.29, 1.82) is 0 Å². The number of para-hydroxylation sites is 1. The van der Waals surface area contributed by atoms with Crippen molar-refractivity contribution in [3.8, 4) is 0 Å². The Morgan fingerprint density at radius 2 is 2.06 bits per heavy atom. The average Bonchev–Trinajstić information content (AvgIpc) is 2.67. The largest absolute Gasteiger partial charge is 0.361 e. The molecule has 3 heteroatoms. The van der Waals surface area contributed by atoms with E-state index in [2.05, 4.69) is 16.8 Å². The minimum absolute atomic E-state index is 0.104. The van der Waals surface area contributed by atoms with Crippen LogP contribution in [0.5, 0.6) is 0 Å². The van der Waals surface area contributed by atoms with Gasteiger partial charge in [-0.05, 0) is 19.9 Å². The second kappa shape index (κ2) is 4.00. The Morgan fingerprint density at radius 1 is 1.38 bits per heavy atom. The molecule has 0 spiro atoms. The number of aromatic amines is 1. The number of H-pyrrole nitrogens is 1. The van der Waals surface area contributed by atoms with Gasteiger partial charge < -0.3 is 9.88 Å². The Balaban J connectivity index is 2.73.